The van der Waals surface area contributed by atoms with Crippen molar-refractivity contribution in [3.05, 3.63) is 64.2 Å². The molecule has 0 fully saturated rings. The Labute approximate surface area is 194 Å². The number of rotatable bonds is 11. The van der Waals surface area contributed by atoms with Crippen molar-refractivity contribution in [3.63, 3.8) is 0 Å². The van der Waals surface area contributed by atoms with Crippen LogP contribution in [0, 0.1) is 0 Å². The van der Waals surface area contributed by atoms with Crippen molar-refractivity contribution in [2.75, 3.05) is 24.5 Å². The first kappa shape index (κ1) is 23.8. The first-order valence-corrected chi connectivity index (χ1v) is 12.9. The van der Waals surface area contributed by atoms with E-state index >= 15 is 0 Å². The summed E-state index contributed by atoms with van der Waals surface area (Å²) in [4.78, 5) is 12.9. The first-order chi connectivity index (χ1) is 15.4. The van der Waals surface area contributed by atoms with Crippen LogP contribution in [-0.2, 0) is 14.8 Å². The summed E-state index contributed by atoms with van der Waals surface area (Å²) >= 11 is 2.65. The second-order valence-electron chi connectivity index (χ2n) is 6.66. The number of benzene rings is 1. The molecule has 0 aliphatic heterocycles. The summed E-state index contributed by atoms with van der Waals surface area (Å²) in [7, 11) is -2.11. The molecule has 11 heteroatoms. The van der Waals surface area contributed by atoms with Crippen LogP contribution in [0.3, 0.4) is 0 Å². The van der Waals surface area contributed by atoms with Crippen molar-refractivity contribution in [3.8, 4) is 5.75 Å². The molecule has 1 amide bonds. The van der Waals surface area contributed by atoms with Crippen LogP contribution >= 0.6 is 22.7 Å². The van der Waals surface area contributed by atoms with Crippen molar-refractivity contribution >= 4 is 50.0 Å². The summed E-state index contributed by atoms with van der Waals surface area (Å²) in [6, 6.07) is 13.5. The number of hydrogen-bond donors (Lipinski definition) is 2. The zero-order chi connectivity index (χ0) is 23.0. The van der Waals surface area contributed by atoms with E-state index in [1.165, 1.54) is 22.7 Å². The van der Waals surface area contributed by atoms with E-state index in [1.54, 1.807) is 41.8 Å². The standard InChI is InChI=1S/C21H23N3O5S3/c1-24(32(27,28)21-7-4-14-31-21)16-8-10-17(11-9-16)29-15-20(25)22-12-2-5-18(23-26)19-6-3-13-30-19/h3-4,6-11,13-14,26H,2,5,12,15H2,1H3,(H,22,25). The van der Waals surface area contributed by atoms with Crippen molar-refractivity contribution in [2.45, 2.75) is 17.1 Å². The molecule has 0 saturated carbocycles. The molecule has 3 rings (SSSR count). The van der Waals surface area contributed by atoms with Crippen molar-refractivity contribution in [1.29, 1.82) is 0 Å². The minimum atomic E-state index is -3.60. The first-order valence-electron chi connectivity index (χ1n) is 9.68. The lowest BCUT2D eigenvalue weighted by atomic mass is 10.2. The van der Waals surface area contributed by atoms with Crippen LogP contribution in [0.1, 0.15) is 17.7 Å². The Balaban J connectivity index is 1.42. The average Bonchev–Trinajstić information content (AvgIpc) is 3.52. The van der Waals surface area contributed by atoms with Gasteiger partial charge in [-0.25, -0.2) is 8.42 Å². The predicted molar refractivity (Wildman–Crippen MR) is 127 cm³/mol. The number of carbonyl (C=O) groups is 1. The van der Waals surface area contributed by atoms with Gasteiger partial charge in [0.15, 0.2) is 6.61 Å². The Kier molecular flexibility index (Phi) is 8.26. The fourth-order valence-electron chi connectivity index (χ4n) is 2.79. The summed E-state index contributed by atoms with van der Waals surface area (Å²) in [5.74, 6) is 0.184. The van der Waals surface area contributed by atoms with Gasteiger partial charge in [0.2, 0.25) is 0 Å². The van der Waals surface area contributed by atoms with E-state index < -0.39 is 10.0 Å². The number of ether oxygens (including phenoxy) is 1. The maximum Gasteiger partial charge on any atom is 0.273 e. The molecule has 0 radical (unpaired) electrons. The molecule has 1 aromatic carbocycles. The minimum Gasteiger partial charge on any atom is -0.484 e. The third-order valence-electron chi connectivity index (χ3n) is 4.52. The lowest BCUT2D eigenvalue weighted by Gasteiger charge is -2.18. The average molecular weight is 494 g/mol. The van der Waals surface area contributed by atoms with E-state index in [1.807, 2.05) is 17.5 Å². The third kappa shape index (κ3) is 6.09. The van der Waals surface area contributed by atoms with Gasteiger partial charge in [-0.2, -0.15) is 0 Å². The van der Waals surface area contributed by atoms with Crippen LogP contribution < -0.4 is 14.4 Å². The fourth-order valence-corrected chi connectivity index (χ4v) is 5.88. The van der Waals surface area contributed by atoms with Gasteiger partial charge in [-0.3, -0.25) is 9.10 Å². The van der Waals surface area contributed by atoms with Gasteiger partial charge in [0.05, 0.1) is 16.3 Å². The molecule has 2 N–H and O–H groups in total. The van der Waals surface area contributed by atoms with Gasteiger partial charge >= 0.3 is 0 Å². The zero-order valence-corrected chi connectivity index (χ0v) is 19.8. The van der Waals surface area contributed by atoms with Crippen LogP contribution in [0.25, 0.3) is 0 Å². The van der Waals surface area contributed by atoms with Crippen molar-refractivity contribution in [2.24, 2.45) is 5.16 Å². The van der Waals surface area contributed by atoms with E-state index in [9.17, 15) is 13.2 Å². The number of anilines is 1. The lowest BCUT2D eigenvalue weighted by Crippen LogP contribution is -2.30. The molecule has 0 atom stereocenters. The summed E-state index contributed by atoms with van der Waals surface area (Å²) in [5, 5.41) is 18.8. The van der Waals surface area contributed by atoms with E-state index in [0.29, 0.717) is 36.5 Å². The van der Waals surface area contributed by atoms with Gasteiger partial charge in [-0.15, -0.1) is 22.7 Å². The Morgan fingerprint density at radius 2 is 1.84 bits per heavy atom. The Bertz CT molecular complexity index is 1130. The smallest absolute Gasteiger partial charge is 0.273 e. The number of sulfonamides is 1. The van der Waals surface area contributed by atoms with E-state index in [4.69, 9.17) is 9.94 Å². The maximum atomic E-state index is 12.6. The molecule has 2 heterocycles. The normalized spacial score (nSPS) is 11.8. The number of amides is 1. The highest BCUT2D eigenvalue weighted by atomic mass is 32.2. The highest BCUT2D eigenvalue weighted by Crippen LogP contribution is 2.26. The zero-order valence-electron chi connectivity index (χ0n) is 17.3. The summed E-state index contributed by atoms with van der Waals surface area (Å²) in [6.45, 7) is 0.269. The highest BCUT2D eigenvalue weighted by molar-refractivity contribution is 7.94. The van der Waals surface area contributed by atoms with E-state index in [-0.39, 0.29) is 16.7 Å². The van der Waals surface area contributed by atoms with E-state index in [0.717, 1.165) is 16.2 Å². The topological polar surface area (TPSA) is 108 Å². The molecule has 0 bridgehead atoms. The molecule has 32 heavy (non-hydrogen) atoms. The molecular formula is C21H23N3O5S3. The van der Waals surface area contributed by atoms with Crippen LogP contribution in [0.2, 0.25) is 0 Å². The number of thiophene rings is 2. The number of carbonyl (C=O) groups excluding carboxylic acids is 1. The van der Waals surface area contributed by atoms with Crippen LogP contribution in [0.4, 0.5) is 5.69 Å². The molecule has 170 valence electrons. The second-order valence-corrected chi connectivity index (χ2v) is 10.8. The molecule has 8 nitrogen and oxygen atoms in total. The summed E-state index contributed by atoms with van der Waals surface area (Å²) < 4.78 is 32.1. The molecule has 2 aromatic heterocycles. The number of nitrogens with zero attached hydrogens (tertiary/aromatic N) is 2. The van der Waals surface area contributed by atoms with Crippen LogP contribution in [0.15, 0.2) is 68.7 Å². The number of nitrogens with one attached hydrogen (secondary N) is 1. The Morgan fingerprint density at radius 1 is 1.12 bits per heavy atom. The quantitative estimate of drug-likeness (QED) is 0.183. The fraction of sp³-hybridized carbons (Fsp3) is 0.238. The van der Waals surface area contributed by atoms with Gasteiger partial charge in [0.1, 0.15) is 9.96 Å². The molecule has 0 aliphatic carbocycles. The largest absolute Gasteiger partial charge is 0.484 e. The molecule has 0 saturated heterocycles. The van der Waals surface area contributed by atoms with Gasteiger partial charge in [0, 0.05) is 13.6 Å². The van der Waals surface area contributed by atoms with Gasteiger partial charge in [-0.05, 0) is 60.0 Å². The maximum absolute atomic E-state index is 12.6. The summed E-state index contributed by atoms with van der Waals surface area (Å²) in [5.41, 5.74) is 1.08. The molecule has 0 spiro atoms. The Morgan fingerprint density at radius 3 is 2.47 bits per heavy atom. The monoisotopic (exact) mass is 493 g/mol. The Hall–Kier alpha value is -2.89. The van der Waals surface area contributed by atoms with Crippen molar-refractivity contribution in [1.82, 2.24) is 5.32 Å². The van der Waals surface area contributed by atoms with E-state index in [2.05, 4.69) is 10.5 Å². The lowest BCUT2D eigenvalue weighted by molar-refractivity contribution is -0.123. The third-order valence-corrected chi connectivity index (χ3v) is 8.60. The van der Waals surface area contributed by atoms with Crippen LogP contribution in [-0.4, -0.2) is 45.4 Å². The minimum absolute atomic E-state index is 0.158. The number of hydrogen-bond acceptors (Lipinski definition) is 8. The summed E-state index contributed by atoms with van der Waals surface area (Å²) in [6.07, 6.45) is 1.17. The van der Waals surface area contributed by atoms with Gasteiger partial charge < -0.3 is 15.3 Å². The number of oxime groups is 1. The van der Waals surface area contributed by atoms with Crippen LogP contribution in [0.5, 0.6) is 5.75 Å². The molecular weight excluding hydrogens is 470 g/mol. The molecule has 0 aliphatic rings. The molecule has 3 aromatic rings. The SMILES string of the molecule is CN(c1ccc(OCC(=O)NCCCC(=NO)c2cccs2)cc1)S(=O)(=O)c1cccs1. The predicted octanol–water partition coefficient (Wildman–Crippen LogP) is 3.79. The van der Waals surface area contributed by atoms with Gasteiger partial charge in [-0.1, -0.05) is 17.3 Å². The van der Waals surface area contributed by atoms with Gasteiger partial charge in [0.25, 0.3) is 15.9 Å². The second kappa shape index (κ2) is 11.1. The van der Waals surface area contributed by atoms with Crippen molar-refractivity contribution < 1.29 is 23.2 Å². The molecule has 0 unspecified atom stereocenters. The highest BCUT2D eigenvalue weighted by Gasteiger charge is 2.22.